The molecule has 16 heavy (non-hydrogen) atoms. The van der Waals surface area contributed by atoms with Crippen molar-refractivity contribution in [2.45, 2.75) is 9.50 Å². The molecular weight excluding hydrogens is 308 g/mol. The molecule has 0 amide bonds. The van der Waals surface area contributed by atoms with E-state index >= 15 is 0 Å². The number of halogens is 1. The third-order valence-electron chi connectivity index (χ3n) is 1.92. The van der Waals surface area contributed by atoms with Crippen LogP contribution in [-0.4, -0.2) is 19.6 Å². The maximum Gasteiger partial charge on any atom is 0.202 e. The number of hydrogen-bond acceptors (Lipinski definition) is 5. The molecular formula is C9H5BrN4S2. The molecule has 3 heterocycles. The third kappa shape index (κ3) is 1.85. The highest BCUT2D eigenvalue weighted by Gasteiger charge is 2.08. The first-order valence-corrected chi connectivity index (χ1v) is 6.90. The number of hydrogen-bond donors (Lipinski definition) is 0. The summed E-state index contributed by atoms with van der Waals surface area (Å²) < 4.78 is 3.75. The number of aromatic nitrogens is 4. The first-order valence-electron chi connectivity index (χ1n) is 4.41. The van der Waals surface area contributed by atoms with E-state index < -0.39 is 0 Å². The Hall–Kier alpha value is -0.920. The molecule has 0 aliphatic heterocycles. The van der Waals surface area contributed by atoms with E-state index in [9.17, 15) is 0 Å². The Morgan fingerprint density at radius 2 is 2.25 bits per heavy atom. The maximum absolute atomic E-state index is 4.31. The molecule has 0 N–H and O–H groups in total. The smallest absolute Gasteiger partial charge is 0.202 e. The fourth-order valence-corrected chi connectivity index (χ4v) is 3.54. The summed E-state index contributed by atoms with van der Waals surface area (Å²) in [4.78, 5) is 4.31. The molecule has 7 heteroatoms. The topological polar surface area (TPSA) is 43.1 Å². The predicted octanol–water partition coefficient (Wildman–Crippen LogP) is 3.10. The van der Waals surface area contributed by atoms with Crippen molar-refractivity contribution in [1.82, 2.24) is 19.6 Å². The van der Waals surface area contributed by atoms with Crippen LogP contribution in [0.5, 0.6) is 0 Å². The molecule has 0 saturated heterocycles. The highest BCUT2D eigenvalue weighted by Crippen LogP contribution is 2.30. The second kappa shape index (κ2) is 4.15. The molecule has 3 aromatic rings. The zero-order valence-electron chi connectivity index (χ0n) is 7.87. The molecule has 3 aromatic heterocycles. The van der Waals surface area contributed by atoms with Crippen LogP contribution < -0.4 is 0 Å². The van der Waals surface area contributed by atoms with Crippen molar-refractivity contribution in [2.75, 3.05) is 0 Å². The first kappa shape index (κ1) is 10.2. The standard InChI is InChI=1S/C9H5BrN4S2/c10-6-5-15-9(11-6)16-8-13-12-7-3-1-2-4-14(7)8/h1-5H. The molecule has 0 aromatic carbocycles. The van der Waals surface area contributed by atoms with E-state index in [2.05, 4.69) is 31.1 Å². The molecule has 3 rings (SSSR count). The van der Waals surface area contributed by atoms with Gasteiger partial charge in [-0.3, -0.25) is 4.40 Å². The second-order valence-electron chi connectivity index (χ2n) is 2.95. The lowest BCUT2D eigenvalue weighted by Gasteiger charge is -1.95. The molecule has 0 fully saturated rings. The molecule has 0 radical (unpaired) electrons. The summed E-state index contributed by atoms with van der Waals surface area (Å²) in [6.45, 7) is 0. The van der Waals surface area contributed by atoms with Crippen LogP contribution in [0, 0.1) is 0 Å². The Labute approximate surface area is 108 Å². The summed E-state index contributed by atoms with van der Waals surface area (Å²) in [6.07, 6.45) is 1.94. The Morgan fingerprint density at radius 1 is 1.31 bits per heavy atom. The van der Waals surface area contributed by atoms with Crippen LogP contribution in [0.4, 0.5) is 0 Å². The van der Waals surface area contributed by atoms with Gasteiger partial charge >= 0.3 is 0 Å². The van der Waals surface area contributed by atoms with Crippen molar-refractivity contribution in [3.05, 3.63) is 34.4 Å². The van der Waals surface area contributed by atoms with E-state index in [1.165, 1.54) is 11.8 Å². The first-order chi connectivity index (χ1) is 7.83. The zero-order valence-corrected chi connectivity index (χ0v) is 11.1. The molecule has 80 valence electrons. The summed E-state index contributed by atoms with van der Waals surface area (Å²) in [6, 6.07) is 5.82. The van der Waals surface area contributed by atoms with Gasteiger partial charge in [0.2, 0.25) is 5.16 Å². The highest BCUT2D eigenvalue weighted by atomic mass is 79.9. The lowest BCUT2D eigenvalue weighted by atomic mass is 10.5. The summed E-state index contributed by atoms with van der Waals surface area (Å²) in [7, 11) is 0. The highest BCUT2D eigenvalue weighted by molar-refractivity contribution is 9.10. The van der Waals surface area contributed by atoms with Gasteiger partial charge in [-0.05, 0) is 39.8 Å². The van der Waals surface area contributed by atoms with Gasteiger partial charge in [0.25, 0.3) is 0 Å². The van der Waals surface area contributed by atoms with Crippen LogP contribution in [0.2, 0.25) is 0 Å². The summed E-state index contributed by atoms with van der Waals surface area (Å²) in [5.41, 5.74) is 0.848. The van der Waals surface area contributed by atoms with Crippen LogP contribution in [-0.2, 0) is 0 Å². The second-order valence-corrected chi connectivity index (χ2v) is 5.83. The lowest BCUT2D eigenvalue weighted by molar-refractivity contribution is 0.920. The van der Waals surface area contributed by atoms with E-state index in [1.807, 2.05) is 34.2 Å². The fraction of sp³-hybridized carbons (Fsp3) is 0. The third-order valence-corrected chi connectivity index (χ3v) is 4.52. The van der Waals surface area contributed by atoms with Gasteiger partial charge < -0.3 is 0 Å². The zero-order chi connectivity index (χ0) is 11.0. The molecule has 0 spiro atoms. The van der Waals surface area contributed by atoms with Crippen molar-refractivity contribution in [2.24, 2.45) is 0 Å². The van der Waals surface area contributed by atoms with E-state index in [1.54, 1.807) is 11.3 Å². The lowest BCUT2D eigenvalue weighted by Crippen LogP contribution is -1.85. The monoisotopic (exact) mass is 312 g/mol. The quantitative estimate of drug-likeness (QED) is 0.729. The van der Waals surface area contributed by atoms with Crippen LogP contribution in [0.3, 0.4) is 0 Å². The summed E-state index contributed by atoms with van der Waals surface area (Å²) in [5, 5.41) is 11.0. The van der Waals surface area contributed by atoms with E-state index in [4.69, 9.17) is 0 Å². The Bertz CT molecular complexity index is 633. The van der Waals surface area contributed by atoms with Gasteiger partial charge in [-0.25, -0.2) is 4.98 Å². The number of pyridine rings is 1. The molecule has 0 aliphatic rings. The molecule has 0 unspecified atom stereocenters. The largest absolute Gasteiger partial charge is 0.277 e. The average Bonchev–Trinajstić information content (AvgIpc) is 2.87. The number of nitrogens with zero attached hydrogens (tertiary/aromatic N) is 4. The Morgan fingerprint density at radius 3 is 3.06 bits per heavy atom. The van der Waals surface area contributed by atoms with Crippen molar-refractivity contribution >= 4 is 44.7 Å². The SMILES string of the molecule is Brc1csc(Sc2nnc3ccccn23)n1. The summed E-state index contributed by atoms with van der Waals surface area (Å²) in [5.74, 6) is 0. The van der Waals surface area contributed by atoms with Gasteiger partial charge in [-0.2, -0.15) is 0 Å². The maximum atomic E-state index is 4.31. The minimum atomic E-state index is 0.831. The van der Waals surface area contributed by atoms with Gasteiger partial charge in [-0.1, -0.05) is 6.07 Å². The van der Waals surface area contributed by atoms with Gasteiger partial charge in [0.1, 0.15) is 4.60 Å². The van der Waals surface area contributed by atoms with Gasteiger partial charge in [-0.15, -0.1) is 21.5 Å². The molecule has 0 saturated carbocycles. The van der Waals surface area contributed by atoms with Crippen molar-refractivity contribution in [3.63, 3.8) is 0 Å². The van der Waals surface area contributed by atoms with Crippen molar-refractivity contribution < 1.29 is 0 Å². The van der Waals surface area contributed by atoms with Gasteiger partial charge in [0.05, 0.1) is 0 Å². The van der Waals surface area contributed by atoms with E-state index in [0.29, 0.717) is 0 Å². The van der Waals surface area contributed by atoms with Gasteiger partial charge in [0, 0.05) is 11.6 Å². The fourth-order valence-electron chi connectivity index (χ4n) is 1.25. The minimum absolute atomic E-state index is 0.831. The molecule has 0 aliphatic carbocycles. The molecule has 0 atom stereocenters. The van der Waals surface area contributed by atoms with Crippen LogP contribution in [0.15, 0.2) is 43.9 Å². The van der Waals surface area contributed by atoms with Crippen molar-refractivity contribution in [1.29, 1.82) is 0 Å². The average molecular weight is 313 g/mol. The minimum Gasteiger partial charge on any atom is -0.277 e. The predicted molar refractivity (Wildman–Crippen MR) is 66.9 cm³/mol. The van der Waals surface area contributed by atoms with Crippen LogP contribution >= 0.6 is 39.0 Å². The summed E-state index contributed by atoms with van der Waals surface area (Å²) >= 11 is 6.42. The normalized spacial score (nSPS) is 11.1. The van der Waals surface area contributed by atoms with E-state index in [-0.39, 0.29) is 0 Å². The van der Waals surface area contributed by atoms with Crippen LogP contribution in [0.25, 0.3) is 5.65 Å². The van der Waals surface area contributed by atoms with Gasteiger partial charge in [0.15, 0.2) is 9.99 Å². The number of rotatable bonds is 2. The van der Waals surface area contributed by atoms with E-state index in [0.717, 1.165) is 19.7 Å². The Balaban J connectivity index is 2.00. The Kier molecular flexibility index (Phi) is 2.66. The molecule has 4 nitrogen and oxygen atoms in total. The number of thiazole rings is 1. The molecule has 0 bridgehead atoms. The van der Waals surface area contributed by atoms with Crippen molar-refractivity contribution in [3.8, 4) is 0 Å². The number of fused-ring (bicyclic) bond motifs is 1. The van der Waals surface area contributed by atoms with Crippen LogP contribution in [0.1, 0.15) is 0 Å².